The quantitative estimate of drug-likeness (QED) is 0.605. The van der Waals surface area contributed by atoms with Crippen molar-refractivity contribution in [2.24, 2.45) is 5.92 Å². The average molecular weight is 172 g/mol. The first-order chi connectivity index (χ1) is 5.29. The molecular formula is C9H16OS. The fourth-order valence-corrected chi connectivity index (χ4v) is 2.33. The first-order valence-electron chi connectivity index (χ1n) is 4.12. The molecule has 0 aromatic heterocycles. The lowest BCUT2D eigenvalue weighted by atomic mass is 10.1. The fraction of sp³-hybridized carbons (Fsp3) is 0.778. The van der Waals surface area contributed by atoms with Crippen molar-refractivity contribution in [3.8, 4) is 0 Å². The van der Waals surface area contributed by atoms with Crippen molar-refractivity contribution < 1.29 is 4.74 Å². The predicted octanol–water partition coefficient (Wildman–Crippen LogP) is 2.68. The SMILES string of the molecule is CC(C)=COCC1CCSC1. The first-order valence-corrected chi connectivity index (χ1v) is 5.27. The Labute approximate surface area is 73.2 Å². The summed E-state index contributed by atoms with van der Waals surface area (Å²) in [4.78, 5) is 0. The number of thioether (sulfide) groups is 1. The van der Waals surface area contributed by atoms with Crippen LogP contribution in [0.5, 0.6) is 0 Å². The first kappa shape index (κ1) is 8.98. The van der Waals surface area contributed by atoms with Crippen molar-refractivity contribution in [2.45, 2.75) is 20.3 Å². The highest BCUT2D eigenvalue weighted by Crippen LogP contribution is 2.23. The third-order valence-electron chi connectivity index (χ3n) is 1.67. The van der Waals surface area contributed by atoms with Crippen LogP contribution in [0.1, 0.15) is 20.3 Å². The van der Waals surface area contributed by atoms with Gasteiger partial charge in [-0.25, -0.2) is 0 Å². The lowest BCUT2D eigenvalue weighted by Crippen LogP contribution is -2.05. The van der Waals surface area contributed by atoms with Crippen LogP contribution in [0.4, 0.5) is 0 Å². The number of hydrogen-bond donors (Lipinski definition) is 0. The minimum absolute atomic E-state index is 0.801. The molecule has 1 heterocycles. The molecule has 0 aromatic rings. The zero-order valence-corrected chi connectivity index (χ0v) is 8.12. The van der Waals surface area contributed by atoms with Crippen molar-refractivity contribution in [1.29, 1.82) is 0 Å². The molecule has 0 aliphatic carbocycles. The van der Waals surface area contributed by atoms with Gasteiger partial charge in [-0.2, -0.15) is 11.8 Å². The van der Waals surface area contributed by atoms with Crippen LogP contribution in [0.2, 0.25) is 0 Å². The van der Waals surface area contributed by atoms with Crippen molar-refractivity contribution in [2.75, 3.05) is 18.1 Å². The monoisotopic (exact) mass is 172 g/mol. The molecule has 0 N–H and O–H groups in total. The maximum absolute atomic E-state index is 5.40. The smallest absolute Gasteiger partial charge is 0.0909 e. The van der Waals surface area contributed by atoms with E-state index in [4.69, 9.17) is 4.74 Å². The van der Waals surface area contributed by atoms with Crippen LogP contribution >= 0.6 is 11.8 Å². The number of allylic oxidation sites excluding steroid dienone is 1. The second-order valence-electron chi connectivity index (χ2n) is 3.26. The summed E-state index contributed by atoms with van der Waals surface area (Å²) in [5, 5.41) is 0. The molecule has 0 radical (unpaired) electrons. The lowest BCUT2D eigenvalue weighted by Gasteiger charge is -2.06. The highest BCUT2D eigenvalue weighted by molar-refractivity contribution is 7.99. The normalized spacial score (nSPS) is 23.3. The number of hydrogen-bond acceptors (Lipinski definition) is 2. The van der Waals surface area contributed by atoms with E-state index in [2.05, 4.69) is 13.8 Å². The van der Waals surface area contributed by atoms with Gasteiger partial charge in [-0.05, 0) is 37.3 Å². The molecule has 1 aliphatic rings. The van der Waals surface area contributed by atoms with Crippen molar-refractivity contribution in [3.63, 3.8) is 0 Å². The fourth-order valence-electron chi connectivity index (χ4n) is 1.07. The summed E-state index contributed by atoms with van der Waals surface area (Å²) < 4.78 is 5.40. The molecule has 1 saturated heterocycles. The van der Waals surface area contributed by atoms with E-state index in [1.165, 1.54) is 23.5 Å². The number of ether oxygens (including phenoxy) is 1. The molecule has 64 valence electrons. The van der Waals surface area contributed by atoms with Gasteiger partial charge >= 0.3 is 0 Å². The van der Waals surface area contributed by atoms with E-state index in [1.807, 2.05) is 18.0 Å². The Kier molecular flexibility index (Phi) is 3.84. The van der Waals surface area contributed by atoms with Crippen LogP contribution in [0, 0.1) is 5.92 Å². The third kappa shape index (κ3) is 3.71. The van der Waals surface area contributed by atoms with Crippen LogP contribution in [0.3, 0.4) is 0 Å². The summed E-state index contributed by atoms with van der Waals surface area (Å²) in [6.07, 6.45) is 3.20. The molecule has 2 heteroatoms. The summed E-state index contributed by atoms with van der Waals surface area (Å²) in [5.41, 5.74) is 1.25. The van der Waals surface area contributed by atoms with E-state index in [9.17, 15) is 0 Å². The molecule has 0 aromatic carbocycles. The van der Waals surface area contributed by atoms with Gasteiger partial charge in [0.15, 0.2) is 0 Å². The van der Waals surface area contributed by atoms with E-state index < -0.39 is 0 Å². The third-order valence-corrected chi connectivity index (χ3v) is 2.91. The molecule has 11 heavy (non-hydrogen) atoms. The molecule has 0 bridgehead atoms. The maximum atomic E-state index is 5.40. The Morgan fingerprint density at radius 2 is 2.45 bits per heavy atom. The van der Waals surface area contributed by atoms with Crippen LogP contribution < -0.4 is 0 Å². The Hall–Kier alpha value is -0.110. The molecular weight excluding hydrogens is 156 g/mol. The molecule has 0 amide bonds. The highest BCUT2D eigenvalue weighted by atomic mass is 32.2. The standard InChI is InChI=1S/C9H16OS/c1-8(2)5-10-6-9-3-4-11-7-9/h5,9H,3-4,6-7H2,1-2H3. The summed E-state index contributed by atoms with van der Waals surface area (Å²) in [6.45, 7) is 5.03. The summed E-state index contributed by atoms with van der Waals surface area (Å²) in [5.74, 6) is 3.41. The molecule has 1 rings (SSSR count). The second-order valence-corrected chi connectivity index (χ2v) is 4.41. The number of rotatable bonds is 3. The highest BCUT2D eigenvalue weighted by Gasteiger charge is 2.14. The summed E-state index contributed by atoms with van der Waals surface area (Å²) >= 11 is 2.04. The van der Waals surface area contributed by atoms with E-state index in [1.54, 1.807) is 0 Å². The van der Waals surface area contributed by atoms with Crippen LogP contribution in [0.15, 0.2) is 11.8 Å². The van der Waals surface area contributed by atoms with E-state index in [0.29, 0.717) is 0 Å². The molecule has 1 fully saturated rings. The van der Waals surface area contributed by atoms with Gasteiger partial charge in [-0.15, -0.1) is 0 Å². The zero-order valence-electron chi connectivity index (χ0n) is 7.30. The Bertz CT molecular complexity index is 132. The largest absolute Gasteiger partial charge is 0.501 e. The van der Waals surface area contributed by atoms with E-state index in [0.717, 1.165) is 12.5 Å². The minimum Gasteiger partial charge on any atom is -0.501 e. The summed E-state index contributed by atoms with van der Waals surface area (Å²) in [6, 6.07) is 0. The van der Waals surface area contributed by atoms with Crippen molar-refractivity contribution in [3.05, 3.63) is 11.8 Å². The van der Waals surface area contributed by atoms with Crippen molar-refractivity contribution in [1.82, 2.24) is 0 Å². The minimum atomic E-state index is 0.801. The maximum Gasteiger partial charge on any atom is 0.0909 e. The van der Waals surface area contributed by atoms with Gasteiger partial charge in [0.25, 0.3) is 0 Å². The zero-order chi connectivity index (χ0) is 8.10. The van der Waals surface area contributed by atoms with E-state index in [-0.39, 0.29) is 0 Å². The second kappa shape index (κ2) is 4.70. The van der Waals surface area contributed by atoms with Gasteiger partial charge in [0, 0.05) is 5.92 Å². The van der Waals surface area contributed by atoms with Crippen LogP contribution in [-0.4, -0.2) is 18.1 Å². The van der Waals surface area contributed by atoms with Crippen molar-refractivity contribution >= 4 is 11.8 Å². The van der Waals surface area contributed by atoms with Gasteiger partial charge in [0.05, 0.1) is 12.9 Å². The van der Waals surface area contributed by atoms with Gasteiger partial charge in [0.1, 0.15) is 0 Å². The van der Waals surface area contributed by atoms with Gasteiger partial charge in [0.2, 0.25) is 0 Å². The topological polar surface area (TPSA) is 9.23 Å². The Balaban J connectivity index is 2.07. The van der Waals surface area contributed by atoms with E-state index >= 15 is 0 Å². The van der Waals surface area contributed by atoms with Gasteiger partial charge in [-0.1, -0.05) is 0 Å². The molecule has 0 saturated carbocycles. The predicted molar refractivity (Wildman–Crippen MR) is 50.8 cm³/mol. The summed E-state index contributed by atoms with van der Waals surface area (Å²) in [7, 11) is 0. The van der Waals surface area contributed by atoms with Crippen LogP contribution in [0.25, 0.3) is 0 Å². The Morgan fingerprint density at radius 3 is 3.00 bits per heavy atom. The van der Waals surface area contributed by atoms with Gasteiger partial charge in [-0.3, -0.25) is 0 Å². The van der Waals surface area contributed by atoms with Gasteiger partial charge < -0.3 is 4.74 Å². The molecule has 1 atom stereocenters. The molecule has 1 unspecified atom stereocenters. The average Bonchev–Trinajstić information content (AvgIpc) is 2.39. The molecule has 0 spiro atoms. The van der Waals surface area contributed by atoms with Crippen LogP contribution in [-0.2, 0) is 4.74 Å². The lowest BCUT2D eigenvalue weighted by molar-refractivity contribution is 0.204. The molecule has 1 nitrogen and oxygen atoms in total. The Morgan fingerprint density at radius 1 is 1.64 bits per heavy atom. The molecule has 1 aliphatic heterocycles.